The van der Waals surface area contributed by atoms with E-state index in [1.807, 2.05) is 18.2 Å². The lowest BCUT2D eigenvalue weighted by Gasteiger charge is -2.20. The zero-order chi connectivity index (χ0) is 44.5. The minimum Gasteiger partial charge on any atom is -0.456 e. The van der Waals surface area contributed by atoms with Crippen LogP contribution in [0.2, 0.25) is 0 Å². The fourth-order valence-corrected chi connectivity index (χ4v) is 5.39. The smallest absolute Gasteiger partial charge is 0.329 e. The van der Waals surface area contributed by atoms with Gasteiger partial charge in [-0.1, -0.05) is 160 Å². The summed E-state index contributed by atoms with van der Waals surface area (Å²) in [4.78, 5) is 37.8. The Morgan fingerprint density at radius 3 is 1.13 bits per heavy atom. The van der Waals surface area contributed by atoms with Crippen molar-refractivity contribution in [2.45, 2.75) is 148 Å². The molecule has 8 nitrogen and oxygen atoms in total. The molecule has 0 saturated heterocycles. The second kappa shape index (κ2) is 46.3. The molecule has 0 aromatic rings. The van der Waals surface area contributed by atoms with E-state index in [0.29, 0.717) is 45.1 Å². The summed E-state index contributed by atoms with van der Waals surface area (Å²) in [5, 5.41) is 24.4. The fourth-order valence-electron chi connectivity index (χ4n) is 5.39. The minimum absolute atomic E-state index is 0.0353. The average Bonchev–Trinajstić information content (AvgIpc) is 3.26. The Bertz CT molecular complexity index is 1450. The monoisotopic (exact) mass is 841 g/mol. The summed E-state index contributed by atoms with van der Waals surface area (Å²) in [5.74, 6) is -1.02. The fraction of sp³-hybridized carbons (Fsp3) is 0.491. The number of aliphatic hydroxyl groups is 2. The number of amides is 2. The van der Waals surface area contributed by atoms with Crippen LogP contribution in [0.15, 0.2) is 146 Å². The average molecular weight is 841 g/mol. The van der Waals surface area contributed by atoms with Crippen molar-refractivity contribution in [2.75, 3.05) is 19.8 Å². The van der Waals surface area contributed by atoms with Crippen LogP contribution in [-0.2, 0) is 19.1 Å². The van der Waals surface area contributed by atoms with E-state index >= 15 is 0 Å². The summed E-state index contributed by atoms with van der Waals surface area (Å²) in [5.41, 5.74) is 0. The first-order valence-electron chi connectivity index (χ1n) is 22.8. The highest BCUT2D eigenvalue weighted by molar-refractivity contribution is 5.84. The number of esters is 1. The lowest BCUT2D eigenvalue weighted by molar-refractivity contribution is -0.157. The van der Waals surface area contributed by atoms with Crippen molar-refractivity contribution >= 4 is 17.8 Å². The van der Waals surface area contributed by atoms with Crippen LogP contribution in [0.3, 0.4) is 0 Å². The highest BCUT2D eigenvalue weighted by atomic mass is 16.6. The van der Waals surface area contributed by atoms with Crippen LogP contribution >= 0.6 is 0 Å². The van der Waals surface area contributed by atoms with Crippen LogP contribution in [-0.4, -0.2) is 59.9 Å². The molecule has 1 atom stereocenters. The van der Waals surface area contributed by atoms with Gasteiger partial charge in [0, 0.05) is 19.4 Å². The maximum Gasteiger partial charge on any atom is 0.329 e. The van der Waals surface area contributed by atoms with Gasteiger partial charge >= 0.3 is 5.97 Å². The van der Waals surface area contributed by atoms with Crippen molar-refractivity contribution in [1.29, 1.82) is 0 Å². The molecule has 0 rings (SSSR count). The molecule has 0 heterocycles. The number of carbonyl (C=O) groups is 3. The Kier molecular flexibility index (Phi) is 42.6. The van der Waals surface area contributed by atoms with Gasteiger partial charge in [0.05, 0.1) is 13.2 Å². The molecular formula is C53H80N2O6. The number of nitrogens with one attached hydrogen (secondary N) is 2. The largest absolute Gasteiger partial charge is 0.456 e. The van der Waals surface area contributed by atoms with Crippen LogP contribution in [0.4, 0.5) is 0 Å². The Morgan fingerprint density at radius 2 is 0.787 bits per heavy atom. The lowest BCUT2D eigenvalue weighted by Crippen LogP contribution is -2.44. The molecule has 8 heteroatoms. The lowest BCUT2D eigenvalue weighted by atomic mass is 10.1. The van der Waals surface area contributed by atoms with E-state index in [4.69, 9.17) is 4.74 Å². The Labute approximate surface area is 370 Å². The molecule has 61 heavy (non-hydrogen) atoms. The molecule has 0 bridgehead atoms. The number of ether oxygens (including phenoxy) is 1. The van der Waals surface area contributed by atoms with Crippen LogP contribution in [0.5, 0.6) is 0 Å². The van der Waals surface area contributed by atoms with Gasteiger partial charge in [0.2, 0.25) is 11.8 Å². The summed E-state index contributed by atoms with van der Waals surface area (Å²) < 4.78 is 5.21. The maximum absolute atomic E-state index is 12.8. The quantitative estimate of drug-likeness (QED) is 0.0279. The standard InChI is InChI=1S/C53H80N2O6/c1-3-5-7-9-11-13-15-17-19-21-23-25-27-29-31-33-35-37-39-44-51(58)54-46-42-41-43-50(53(60)61-49(47-56)48-57)55-52(59)45-40-38-36-34-32-30-28-26-24-22-20-18-16-14-12-10-8-6-4-2/h5-8,11-14,17-20,23-26,29-32,35-38,49-50,56-57H,3-4,9-10,15-16,21-22,27-28,33-34,39-48H2,1-2H3,(H,54,58)(H,55,59)/t50-/m0/s1. The number of carbonyl (C=O) groups excluding carboxylic acids is 3. The van der Waals surface area contributed by atoms with Crippen molar-refractivity contribution in [3.05, 3.63) is 146 Å². The molecule has 338 valence electrons. The topological polar surface area (TPSA) is 125 Å². The van der Waals surface area contributed by atoms with Crippen molar-refractivity contribution in [3.63, 3.8) is 0 Å². The van der Waals surface area contributed by atoms with E-state index in [1.165, 1.54) is 0 Å². The predicted molar refractivity (Wildman–Crippen MR) is 258 cm³/mol. The van der Waals surface area contributed by atoms with Gasteiger partial charge in [-0.15, -0.1) is 0 Å². The zero-order valence-electron chi connectivity index (χ0n) is 37.6. The molecule has 4 N–H and O–H groups in total. The summed E-state index contributed by atoms with van der Waals surface area (Å²) in [6, 6.07) is -0.915. The molecule has 0 aromatic heterocycles. The van der Waals surface area contributed by atoms with Gasteiger partial charge in [0.25, 0.3) is 0 Å². The molecule has 0 aliphatic carbocycles. The molecule has 0 fully saturated rings. The predicted octanol–water partition coefficient (Wildman–Crippen LogP) is 11.6. The molecule has 2 amide bonds. The Morgan fingerprint density at radius 1 is 0.459 bits per heavy atom. The van der Waals surface area contributed by atoms with Crippen molar-refractivity contribution in [1.82, 2.24) is 10.6 Å². The van der Waals surface area contributed by atoms with Crippen LogP contribution in [0.25, 0.3) is 0 Å². The number of hydrogen-bond donors (Lipinski definition) is 4. The normalized spacial score (nSPS) is 13.5. The highest BCUT2D eigenvalue weighted by Crippen LogP contribution is 2.07. The van der Waals surface area contributed by atoms with Gasteiger partial charge in [-0.05, 0) is 109 Å². The van der Waals surface area contributed by atoms with E-state index in [1.54, 1.807) is 0 Å². The Hall–Kier alpha value is -4.79. The number of unbranched alkanes of at least 4 members (excludes halogenated alkanes) is 1. The first kappa shape index (κ1) is 56.2. The van der Waals surface area contributed by atoms with Crippen molar-refractivity contribution in [2.24, 2.45) is 0 Å². The van der Waals surface area contributed by atoms with Gasteiger partial charge in [-0.3, -0.25) is 9.59 Å². The van der Waals surface area contributed by atoms with E-state index in [0.717, 1.165) is 77.0 Å². The van der Waals surface area contributed by atoms with Crippen LogP contribution in [0.1, 0.15) is 136 Å². The first-order valence-corrected chi connectivity index (χ1v) is 22.8. The van der Waals surface area contributed by atoms with Gasteiger partial charge < -0.3 is 25.6 Å². The Balaban J connectivity index is 4.31. The third-order valence-electron chi connectivity index (χ3n) is 8.82. The van der Waals surface area contributed by atoms with E-state index in [9.17, 15) is 24.6 Å². The van der Waals surface area contributed by atoms with Crippen LogP contribution in [0, 0.1) is 0 Å². The molecule has 0 radical (unpaired) electrons. The zero-order valence-corrected chi connectivity index (χ0v) is 37.6. The highest BCUT2D eigenvalue weighted by Gasteiger charge is 2.24. The maximum atomic E-state index is 12.8. The molecule has 0 unspecified atom stereocenters. The van der Waals surface area contributed by atoms with Gasteiger partial charge in [0.1, 0.15) is 12.1 Å². The second-order valence-electron chi connectivity index (χ2n) is 14.3. The minimum atomic E-state index is -1.05. The third-order valence-corrected chi connectivity index (χ3v) is 8.82. The van der Waals surface area contributed by atoms with Gasteiger partial charge in [-0.25, -0.2) is 4.79 Å². The number of allylic oxidation sites excluding steroid dienone is 24. The van der Waals surface area contributed by atoms with E-state index in [-0.39, 0.29) is 18.2 Å². The van der Waals surface area contributed by atoms with Gasteiger partial charge in [-0.2, -0.15) is 0 Å². The molecular weight excluding hydrogens is 761 g/mol. The molecule has 0 saturated carbocycles. The molecule has 0 aliphatic rings. The third kappa shape index (κ3) is 41.7. The summed E-state index contributed by atoms with van der Waals surface area (Å²) in [6.45, 7) is 3.70. The van der Waals surface area contributed by atoms with Crippen molar-refractivity contribution < 1.29 is 29.3 Å². The van der Waals surface area contributed by atoms with E-state index < -0.39 is 31.3 Å². The SMILES string of the molecule is CCC=CCC=CCC=CCC=CCC=CCC=CCCC(=O)NCCCC[C@H](NC(=O)CCC=CCC=CCC=CCC=CCC=CCC=CCC)C(=O)OC(CO)CO. The van der Waals surface area contributed by atoms with Crippen molar-refractivity contribution in [3.8, 4) is 0 Å². The second-order valence-corrected chi connectivity index (χ2v) is 14.3. The molecule has 0 aromatic carbocycles. The first-order chi connectivity index (χ1) is 30.0. The molecule has 0 spiro atoms. The summed E-state index contributed by atoms with van der Waals surface area (Å²) >= 11 is 0. The summed E-state index contributed by atoms with van der Waals surface area (Å²) in [6.07, 6.45) is 65.0. The van der Waals surface area contributed by atoms with E-state index in [2.05, 4.69) is 152 Å². The van der Waals surface area contributed by atoms with Crippen LogP contribution < -0.4 is 10.6 Å². The number of aliphatic hydroxyl groups excluding tert-OH is 2. The molecule has 0 aliphatic heterocycles. The van der Waals surface area contributed by atoms with Gasteiger partial charge in [0.15, 0.2) is 0 Å². The number of hydrogen-bond acceptors (Lipinski definition) is 6. The number of rotatable bonds is 38. The summed E-state index contributed by atoms with van der Waals surface area (Å²) in [7, 11) is 0.